The Morgan fingerprint density at radius 3 is 2.13 bits per heavy atom. The predicted octanol–water partition coefficient (Wildman–Crippen LogP) is 4.58. The highest BCUT2D eigenvalue weighted by Crippen LogP contribution is 2.38. The summed E-state index contributed by atoms with van der Waals surface area (Å²) in [6, 6.07) is 15.5. The van der Waals surface area contributed by atoms with Crippen molar-refractivity contribution in [3.63, 3.8) is 0 Å². The van der Waals surface area contributed by atoms with Crippen LogP contribution in [0, 0.1) is 18.3 Å². The fourth-order valence-electron chi connectivity index (χ4n) is 2.66. The minimum Gasteiger partial charge on any atom is -0.493 e. The van der Waals surface area contributed by atoms with Crippen LogP contribution in [0.1, 0.15) is 11.3 Å². The van der Waals surface area contributed by atoms with E-state index in [4.69, 9.17) is 13.9 Å². The molecular formula is C19H16NO3+. The number of fused-ring (bicyclic) bond motifs is 1. The van der Waals surface area contributed by atoms with Crippen LogP contribution < -0.4 is 9.47 Å². The lowest BCUT2D eigenvalue weighted by atomic mass is 10.00. The van der Waals surface area contributed by atoms with E-state index in [0.717, 1.165) is 22.1 Å². The van der Waals surface area contributed by atoms with E-state index in [9.17, 15) is 5.26 Å². The Kier molecular flexibility index (Phi) is 3.86. The van der Waals surface area contributed by atoms with E-state index in [1.54, 1.807) is 14.2 Å². The van der Waals surface area contributed by atoms with Gasteiger partial charge in [0.2, 0.25) is 0 Å². The summed E-state index contributed by atoms with van der Waals surface area (Å²) in [5, 5.41) is 11.3. The van der Waals surface area contributed by atoms with E-state index in [0.29, 0.717) is 22.8 Å². The fraction of sp³-hybridized carbons (Fsp3) is 0.158. The second-order valence-corrected chi connectivity index (χ2v) is 5.09. The molecular weight excluding hydrogens is 290 g/mol. The number of nitrogens with zero attached hydrogens (tertiary/aromatic N) is 1. The maximum Gasteiger partial charge on any atom is 0.378 e. The number of hydrogen-bond acceptors (Lipinski definition) is 3. The molecule has 0 saturated carbocycles. The van der Waals surface area contributed by atoms with Crippen LogP contribution in [0.4, 0.5) is 0 Å². The van der Waals surface area contributed by atoms with Gasteiger partial charge in [-0.3, -0.25) is 0 Å². The van der Waals surface area contributed by atoms with Crippen molar-refractivity contribution in [3.8, 4) is 28.9 Å². The molecule has 0 radical (unpaired) electrons. The third kappa shape index (κ3) is 2.47. The van der Waals surface area contributed by atoms with Crippen LogP contribution in [0.25, 0.3) is 22.1 Å². The van der Waals surface area contributed by atoms with Crippen molar-refractivity contribution in [2.45, 2.75) is 6.92 Å². The molecule has 0 aliphatic rings. The number of ether oxygens (including phenoxy) is 2. The van der Waals surface area contributed by atoms with Gasteiger partial charge in [0.1, 0.15) is 6.07 Å². The molecule has 114 valence electrons. The van der Waals surface area contributed by atoms with Crippen molar-refractivity contribution < 1.29 is 13.9 Å². The Bertz CT molecular complexity index is 912. The first kappa shape index (κ1) is 14.9. The number of benzene rings is 2. The summed E-state index contributed by atoms with van der Waals surface area (Å²) in [5.41, 5.74) is 1.35. The normalized spacial score (nSPS) is 10.3. The van der Waals surface area contributed by atoms with Crippen LogP contribution in [0.15, 0.2) is 46.9 Å². The van der Waals surface area contributed by atoms with E-state index >= 15 is 0 Å². The largest absolute Gasteiger partial charge is 0.493 e. The molecule has 0 unspecified atom stereocenters. The van der Waals surface area contributed by atoms with Gasteiger partial charge in [-0.1, -0.05) is 18.2 Å². The second kappa shape index (κ2) is 5.98. The van der Waals surface area contributed by atoms with Gasteiger partial charge in [-0.15, -0.1) is 0 Å². The minimum absolute atomic E-state index is 0.484. The van der Waals surface area contributed by atoms with Gasteiger partial charge in [-0.05, 0) is 18.2 Å². The molecule has 0 aliphatic heterocycles. The zero-order valence-electron chi connectivity index (χ0n) is 13.2. The molecule has 4 nitrogen and oxygen atoms in total. The van der Waals surface area contributed by atoms with Gasteiger partial charge < -0.3 is 9.47 Å². The Morgan fingerprint density at radius 1 is 0.957 bits per heavy atom. The molecule has 23 heavy (non-hydrogen) atoms. The Morgan fingerprint density at radius 2 is 1.57 bits per heavy atom. The quantitative estimate of drug-likeness (QED) is 0.665. The first-order valence-electron chi connectivity index (χ1n) is 7.17. The standard InChI is InChI=1S/C19H16NO3/c1-12-14-9-17(21-2)18(22-3)10-15(14)16(11-20)19(23-12)13-7-5-4-6-8-13/h4-10H,1-3H3/q+1. The van der Waals surface area contributed by atoms with Crippen LogP contribution in [0.5, 0.6) is 11.5 Å². The average Bonchev–Trinajstić information content (AvgIpc) is 2.61. The summed E-state index contributed by atoms with van der Waals surface area (Å²) in [7, 11) is 3.16. The highest BCUT2D eigenvalue weighted by Gasteiger charge is 2.26. The van der Waals surface area contributed by atoms with Crippen molar-refractivity contribution in [2.24, 2.45) is 0 Å². The summed E-state index contributed by atoms with van der Waals surface area (Å²) in [6.07, 6.45) is 0. The van der Waals surface area contributed by atoms with Crippen LogP contribution in [-0.4, -0.2) is 14.2 Å². The van der Waals surface area contributed by atoms with Gasteiger partial charge in [-0.2, -0.15) is 5.26 Å². The van der Waals surface area contributed by atoms with Crippen LogP contribution in [-0.2, 0) is 0 Å². The van der Waals surface area contributed by atoms with Crippen molar-refractivity contribution in [1.29, 1.82) is 5.26 Å². The Labute approximate surface area is 134 Å². The molecule has 0 fully saturated rings. The fourth-order valence-corrected chi connectivity index (χ4v) is 2.66. The number of methoxy groups -OCH3 is 2. The monoisotopic (exact) mass is 306 g/mol. The lowest BCUT2D eigenvalue weighted by molar-refractivity contribution is 0.355. The smallest absolute Gasteiger partial charge is 0.378 e. The number of hydrogen-bond donors (Lipinski definition) is 0. The molecule has 0 atom stereocenters. The third-order valence-corrected chi connectivity index (χ3v) is 3.80. The molecule has 0 N–H and O–H groups in total. The van der Waals surface area contributed by atoms with Gasteiger partial charge in [-0.25, -0.2) is 4.42 Å². The van der Waals surface area contributed by atoms with E-state index < -0.39 is 0 Å². The highest BCUT2D eigenvalue weighted by molar-refractivity contribution is 5.95. The summed E-state index contributed by atoms with van der Waals surface area (Å²) in [4.78, 5) is 0. The van der Waals surface area contributed by atoms with E-state index in [1.807, 2.05) is 49.4 Å². The average molecular weight is 306 g/mol. The molecule has 1 aromatic heterocycles. The lowest BCUT2D eigenvalue weighted by Gasteiger charge is -2.09. The minimum atomic E-state index is 0.484. The first-order chi connectivity index (χ1) is 11.2. The molecule has 3 aromatic rings. The molecule has 4 heteroatoms. The SMILES string of the molecule is COc1cc2c(C)[o+]c(-c3ccccc3)c(C#N)c2cc1OC. The summed E-state index contributed by atoms with van der Waals surface area (Å²) >= 11 is 0. The maximum atomic E-state index is 9.68. The number of nitriles is 1. The van der Waals surface area contributed by atoms with E-state index in [1.165, 1.54) is 0 Å². The van der Waals surface area contributed by atoms with Crippen LogP contribution in [0.2, 0.25) is 0 Å². The van der Waals surface area contributed by atoms with Crippen LogP contribution in [0.3, 0.4) is 0 Å². The first-order valence-corrected chi connectivity index (χ1v) is 7.17. The summed E-state index contributed by atoms with van der Waals surface area (Å²) < 4.78 is 16.7. The number of rotatable bonds is 3. The molecule has 0 bridgehead atoms. The lowest BCUT2D eigenvalue weighted by Crippen LogP contribution is -1.95. The molecule has 3 rings (SSSR count). The number of aryl methyl sites for hydroxylation is 1. The van der Waals surface area contributed by atoms with Gasteiger partial charge in [0.05, 0.1) is 32.1 Å². The van der Waals surface area contributed by atoms with E-state index in [2.05, 4.69) is 6.07 Å². The molecule has 0 aliphatic carbocycles. The van der Waals surface area contributed by atoms with Crippen molar-refractivity contribution >= 4 is 10.8 Å². The molecule has 0 saturated heterocycles. The topological polar surface area (TPSA) is 53.5 Å². The molecule has 2 aromatic carbocycles. The molecule has 0 spiro atoms. The summed E-state index contributed by atoms with van der Waals surface area (Å²) in [6.45, 7) is 1.88. The predicted molar refractivity (Wildman–Crippen MR) is 88.6 cm³/mol. The molecule has 1 heterocycles. The van der Waals surface area contributed by atoms with Crippen LogP contribution >= 0.6 is 0 Å². The van der Waals surface area contributed by atoms with E-state index in [-0.39, 0.29) is 0 Å². The highest BCUT2D eigenvalue weighted by atomic mass is 16.5. The van der Waals surface area contributed by atoms with Gasteiger partial charge in [0.25, 0.3) is 0 Å². The zero-order valence-corrected chi connectivity index (χ0v) is 13.2. The van der Waals surface area contributed by atoms with Crippen molar-refractivity contribution in [3.05, 3.63) is 53.8 Å². The van der Waals surface area contributed by atoms with Gasteiger partial charge >= 0.3 is 11.5 Å². The maximum absolute atomic E-state index is 9.68. The Balaban J connectivity index is 2.40. The second-order valence-electron chi connectivity index (χ2n) is 5.09. The van der Waals surface area contributed by atoms with Crippen molar-refractivity contribution in [2.75, 3.05) is 14.2 Å². The van der Waals surface area contributed by atoms with Gasteiger partial charge in [0, 0.05) is 11.5 Å². The molecule has 0 amide bonds. The third-order valence-electron chi connectivity index (χ3n) is 3.80. The van der Waals surface area contributed by atoms with Crippen molar-refractivity contribution in [1.82, 2.24) is 0 Å². The Hall–Kier alpha value is -3.06. The summed E-state index contributed by atoms with van der Waals surface area (Å²) in [5.74, 6) is 2.47. The zero-order chi connectivity index (χ0) is 16.4. The van der Waals surface area contributed by atoms with Gasteiger partial charge in [0.15, 0.2) is 17.1 Å².